The molecule has 130 valence electrons. The van der Waals surface area contributed by atoms with Gasteiger partial charge in [0.15, 0.2) is 0 Å². The highest BCUT2D eigenvalue weighted by molar-refractivity contribution is 5.68. The van der Waals surface area contributed by atoms with Crippen molar-refractivity contribution in [2.45, 2.75) is 32.2 Å². The van der Waals surface area contributed by atoms with Crippen molar-refractivity contribution >= 4 is 11.3 Å². The summed E-state index contributed by atoms with van der Waals surface area (Å²) in [7, 11) is 2.23. The average Bonchev–Trinajstić information content (AvgIpc) is 3.10. The van der Waals surface area contributed by atoms with Crippen LogP contribution in [0.5, 0.6) is 0 Å². The Bertz CT molecular complexity index is 681. The van der Waals surface area contributed by atoms with E-state index in [1.165, 1.54) is 31.6 Å². The minimum Gasteiger partial charge on any atom is -0.366 e. The Morgan fingerprint density at radius 2 is 1.83 bits per heavy atom. The van der Waals surface area contributed by atoms with Gasteiger partial charge in [0, 0.05) is 32.2 Å². The molecule has 2 fully saturated rings. The van der Waals surface area contributed by atoms with Crippen molar-refractivity contribution in [1.82, 2.24) is 29.6 Å². The van der Waals surface area contributed by atoms with E-state index in [0.717, 1.165) is 50.0 Å². The summed E-state index contributed by atoms with van der Waals surface area (Å²) >= 11 is 0. The first-order valence-electron chi connectivity index (χ1n) is 9.12. The van der Waals surface area contributed by atoms with Gasteiger partial charge in [-0.1, -0.05) is 6.92 Å². The molecule has 0 spiro atoms. The molecule has 24 heavy (non-hydrogen) atoms. The van der Waals surface area contributed by atoms with E-state index in [2.05, 4.69) is 50.0 Å². The van der Waals surface area contributed by atoms with Gasteiger partial charge >= 0.3 is 0 Å². The van der Waals surface area contributed by atoms with Crippen LogP contribution >= 0.6 is 0 Å². The molecule has 0 aromatic carbocycles. The zero-order chi connectivity index (χ0) is 16.5. The molecule has 0 N–H and O–H groups in total. The molecule has 2 aliphatic rings. The number of nitrogens with zero attached hydrogens (tertiary/aromatic N) is 7. The van der Waals surface area contributed by atoms with Crippen LogP contribution in [-0.2, 0) is 6.42 Å². The van der Waals surface area contributed by atoms with Crippen LogP contribution in [0, 0.1) is 0 Å². The monoisotopic (exact) mass is 329 g/mol. The van der Waals surface area contributed by atoms with Gasteiger partial charge in [-0.05, 0) is 45.5 Å². The van der Waals surface area contributed by atoms with Crippen molar-refractivity contribution in [1.29, 1.82) is 0 Å². The Morgan fingerprint density at radius 1 is 1.08 bits per heavy atom. The molecule has 7 nitrogen and oxygen atoms in total. The maximum absolute atomic E-state index is 4.55. The highest BCUT2D eigenvalue weighted by Gasteiger charge is 2.27. The maximum atomic E-state index is 4.55. The molecule has 0 atom stereocenters. The summed E-state index contributed by atoms with van der Waals surface area (Å²) in [5.41, 5.74) is 3.15. The van der Waals surface area contributed by atoms with Gasteiger partial charge in [-0.15, -0.1) is 10.2 Å². The molecule has 0 radical (unpaired) electrons. The molecular formula is C17H27N7. The highest BCUT2D eigenvalue weighted by Crippen LogP contribution is 2.24. The van der Waals surface area contributed by atoms with Crippen molar-refractivity contribution in [2.75, 3.05) is 51.2 Å². The fourth-order valence-electron chi connectivity index (χ4n) is 3.95. The van der Waals surface area contributed by atoms with Crippen LogP contribution in [-0.4, -0.2) is 82.0 Å². The predicted molar refractivity (Wildman–Crippen MR) is 94.5 cm³/mol. The fraction of sp³-hybridized carbons (Fsp3) is 0.706. The molecule has 2 aromatic heterocycles. The second kappa shape index (κ2) is 6.64. The van der Waals surface area contributed by atoms with Crippen molar-refractivity contribution < 1.29 is 0 Å². The number of rotatable bonds is 3. The van der Waals surface area contributed by atoms with E-state index < -0.39 is 0 Å². The molecule has 2 saturated heterocycles. The van der Waals surface area contributed by atoms with Gasteiger partial charge in [0.2, 0.25) is 5.65 Å². The lowest BCUT2D eigenvalue weighted by Crippen LogP contribution is -2.53. The van der Waals surface area contributed by atoms with Gasteiger partial charge in [-0.2, -0.15) is 9.61 Å². The van der Waals surface area contributed by atoms with Gasteiger partial charge in [0.1, 0.15) is 6.33 Å². The van der Waals surface area contributed by atoms with Crippen molar-refractivity contribution in [3.63, 3.8) is 0 Å². The summed E-state index contributed by atoms with van der Waals surface area (Å²) in [5.74, 6) is 0. The van der Waals surface area contributed by atoms with E-state index in [4.69, 9.17) is 0 Å². The number of likely N-dealkylation sites (tertiary alicyclic amines) is 1. The van der Waals surface area contributed by atoms with E-state index in [-0.39, 0.29) is 0 Å². The van der Waals surface area contributed by atoms with E-state index in [0.29, 0.717) is 0 Å². The molecule has 0 bridgehead atoms. The Labute approximate surface area is 143 Å². The third kappa shape index (κ3) is 2.98. The number of piperidine rings is 1. The maximum Gasteiger partial charge on any atom is 0.200 e. The number of hydrogen-bond donors (Lipinski definition) is 0. The largest absolute Gasteiger partial charge is 0.366 e. The molecule has 0 unspecified atom stereocenters. The Kier molecular flexibility index (Phi) is 4.37. The molecule has 2 aliphatic heterocycles. The summed E-state index contributed by atoms with van der Waals surface area (Å²) in [6, 6.07) is 2.95. The van der Waals surface area contributed by atoms with Crippen LogP contribution in [0.2, 0.25) is 0 Å². The first kappa shape index (κ1) is 15.8. The van der Waals surface area contributed by atoms with Crippen LogP contribution < -0.4 is 4.90 Å². The fourth-order valence-corrected chi connectivity index (χ4v) is 3.95. The van der Waals surface area contributed by atoms with Crippen molar-refractivity contribution in [2.24, 2.45) is 0 Å². The number of hydrogen-bond acceptors (Lipinski definition) is 6. The highest BCUT2D eigenvalue weighted by atomic mass is 15.4. The lowest BCUT2D eigenvalue weighted by molar-refractivity contribution is 0.115. The quantitative estimate of drug-likeness (QED) is 0.834. The van der Waals surface area contributed by atoms with Gasteiger partial charge < -0.3 is 9.80 Å². The zero-order valence-corrected chi connectivity index (χ0v) is 14.7. The second-order valence-corrected chi connectivity index (χ2v) is 7.03. The predicted octanol–water partition coefficient (Wildman–Crippen LogP) is 0.903. The zero-order valence-electron chi connectivity index (χ0n) is 14.7. The van der Waals surface area contributed by atoms with Gasteiger partial charge in [-0.3, -0.25) is 4.90 Å². The molecule has 7 heteroatoms. The average molecular weight is 329 g/mol. The van der Waals surface area contributed by atoms with Gasteiger partial charge in [0.25, 0.3) is 0 Å². The van der Waals surface area contributed by atoms with E-state index in [1.807, 2.05) is 4.52 Å². The minimum absolute atomic E-state index is 0.764. The van der Waals surface area contributed by atoms with E-state index >= 15 is 0 Å². The molecule has 0 saturated carbocycles. The van der Waals surface area contributed by atoms with Crippen LogP contribution in [0.25, 0.3) is 5.65 Å². The number of aryl methyl sites for hydroxylation is 1. The second-order valence-electron chi connectivity index (χ2n) is 7.03. The summed E-state index contributed by atoms with van der Waals surface area (Å²) in [6.45, 7) is 8.99. The SMILES string of the molecule is CCc1cc(N2CCN(C3CCN(C)CC3)CC2)c2nncn2n1. The number of fused-ring (bicyclic) bond motifs is 1. The van der Waals surface area contributed by atoms with Crippen LogP contribution in [0.15, 0.2) is 12.4 Å². The lowest BCUT2D eigenvalue weighted by atomic mass is 10.0. The van der Waals surface area contributed by atoms with Crippen molar-refractivity contribution in [3.8, 4) is 0 Å². The summed E-state index contributed by atoms with van der Waals surface area (Å²) in [4.78, 5) is 7.58. The first-order chi connectivity index (χ1) is 11.7. The topological polar surface area (TPSA) is 52.8 Å². The Morgan fingerprint density at radius 3 is 2.54 bits per heavy atom. The molecule has 4 heterocycles. The van der Waals surface area contributed by atoms with E-state index in [9.17, 15) is 0 Å². The number of aromatic nitrogens is 4. The summed E-state index contributed by atoms with van der Waals surface area (Å²) < 4.78 is 1.82. The molecule has 0 aliphatic carbocycles. The normalized spacial score (nSPS) is 21.7. The Balaban J connectivity index is 1.47. The third-order valence-corrected chi connectivity index (χ3v) is 5.52. The van der Waals surface area contributed by atoms with Crippen molar-refractivity contribution in [3.05, 3.63) is 18.1 Å². The summed E-state index contributed by atoms with van der Waals surface area (Å²) in [5, 5.41) is 12.9. The lowest BCUT2D eigenvalue weighted by Gasteiger charge is -2.42. The summed E-state index contributed by atoms with van der Waals surface area (Å²) in [6.07, 6.45) is 5.24. The van der Waals surface area contributed by atoms with Crippen LogP contribution in [0.4, 0.5) is 5.69 Å². The molecule has 2 aromatic rings. The van der Waals surface area contributed by atoms with Crippen LogP contribution in [0.3, 0.4) is 0 Å². The molecule has 0 amide bonds. The first-order valence-corrected chi connectivity index (χ1v) is 9.12. The molecular weight excluding hydrogens is 302 g/mol. The smallest absolute Gasteiger partial charge is 0.200 e. The Hall–Kier alpha value is -1.73. The molecule has 4 rings (SSSR count). The van der Waals surface area contributed by atoms with Gasteiger partial charge in [0.05, 0.1) is 11.4 Å². The third-order valence-electron chi connectivity index (χ3n) is 5.52. The van der Waals surface area contributed by atoms with E-state index in [1.54, 1.807) is 6.33 Å². The number of anilines is 1. The number of piperazine rings is 1. The van der Waals surface area contributed by atoms with Gasteiger partial charge in [-0.25, -0.2) is 0 Å². The van der Waals surface area contributed by atoms with Crippen LogP contribution in [0.1, 0.15) is 25.5 Å². The standard InChI is InChI=1S/C17H27N7/c1-3-14-12-16(17-19-18-13-24(17)20-14)23-10-8-22(9-11-23)15-4-6-21(2)7-5-15/h12-13,15H,3-11H2,1-2H3. The minimum atomic E-state index is 0.764.